The molecule has 1 N–H and O–H groups in total. The third kappa shape index (κ3) is 4.09. The molecule has 0 aliphatic carbocycles. The summed E-state index contributed by atoms with van der Waals surface area (Å²) in [7, 11) is 0. The van der Waals surface area contributed by atoms with Crippen molar-refractivity contribution in [2.45, 2.75) is 6.92 Å². The second-order valence-corrected chi connectivity index (χ2v) is 4.88. The van der Waals surface area contributed by atoms with Crippen LogP contribution in [0.25, 0.3) is 0 Å². The van der Waals surface area contributed by atoms with E-state index >= 15 is 0 Å². The van der Waals surface area contributed by atoms with E-state index in [1.54, 1.807) is 0 Å². The second-order valence-electron chi connectivity index (χ2n) is 4.88. The zero-order chi connectivity index (χ0) is 17.9. The van der Waals surface area contributed by atoms with Crippen LogP contribution in [0.3, 0.4) is 0 Å². The summed E-state index contributed by atoms with van der Waals surface area (Å²) in [6.07, 6.45) is 0. The number of nitrogens with one attached hydrogen (secondary N) is 1. The van der Waals surface area contributed by atoms with Crippen molar-refractivity contribution >= 4 is 23.2 Å². The van der Waals surface area contributed by atoms with Gasteiger partial charge in [-0.15, -0.1) is 0 Å². The molecule has 0 saturated heterocycles. The van der Waals surface area contributed by atoms with Crippen molar-refractivity contribution in [2.24, 2.45) is 0 Å². The van der Waals surface area contributed by atoms with E-state index < -0.39 is 41.6 Å². The van der Waals surface area contributed by atoms with Crippen molar-refractivity contribution in [1.82, 2.24) is 0 Å². The van der Waals surface area contributed by atoms with E-state index in [1.165, 1.54) is 0 Å². The summed E-state index contributed by atoms with van der Waals surface area (Å²) in [5, 5.41) is 2.26. The van der Waals surface area contributed by atoms with Crippen LogP contribution in [-0.4, -0.2) is 18.4 Å². The topological polar surface area (TPSA) is 49.4 Å². The van der Waals surface area contributed by atoms with Gasteiger partial charge in [0.1, 0.15) is 18.2 Å². The summed E-state index contributed by atoms with van der Waals surface area (Å²) in [5.74, 6) is -5.48. The molecule has 0 heterocycles. The molecule has 2 amide bonds. The van der Waals surface area contributed by atoms with Crippen LogP contribution in [-0.2, 0) is 9.59 Å². The van der Waals surface area contributed by atoms with Crippen LogP contribution >= 0.6 is 0 Å². The van der Waals surface area contributed by atoms with Gasteiger partial charge in [0.25, 0.3) is 0 Å². The lowest BCUT2D eigenvalue weighted by Crippen LogP contribution is -2.37. The van der Waals surface area contributed by atoms with Crippen LogP contribution in [0.15, 0.2) is 36.4 Å². The molecule has 0 spiro atoms. The molecule has 2 aromatic rings. The minimum Gasteiger partial charge on any atom is -0.324 e. The summed E-state index contributed by atoms with van der Waals surface area (Å²) in [6.45, 7) is 0.518. The fourth-order valence-corrected chi connectivity index (χ4v) is 1.98. The number of amides is 2. The Kier molecular flexibility index (Phi) is 5.18. The summed E-state index contributed by atoms with van der Waals surface area (Å²) >= 11 is 0. The fraction of sp³-hybridized carbons (Fsp3) is 0.125. The van der Waals surface area contributed by atoms with Gasteiger partial charge in [-0.3, -0.25) is 9.59 Å². The minimum absolute atomic E-state index is 0.0259. The monoisotopic (exact) mass is 340 g/mol. The van der Waals surface area contributed by atoms with Crippen molar-refractivity contribution in [2.75, 3.05) is 16.8 Å². The zero-order valence-corrected chi connectivity index (χ0v) is 12.4. The average Bonchev–Trinajstić information content (AvgIpc) is 2.49. The molecule has 2 rings (SSSR count). The SMILES string of the molecule is CC(=O)N(CC(=O)Nc1ccc(F)c(F)c1)c1ccc(F)cc1F. The highest BCUT2D eigenvalue weighted by atomic mass is 19.2. The normalized spacial score (nSPS) is 10.4. The van der Waals surface area contributed by atoms with Gasteiger partial charge in [0.15, 0.2) is 11.6 Å². The van der Waals surface area contributed by atoms with Crippen molar-refractivity contribution in [3.8, 4) is 0 Å². The van der Waals surface area contributed by atoms with Crippen molar-refractivity contribution < 1.29 is 27.2 Å². The number of carbonyl (C=O) groups is 2. The Balaban J connectivity index is 2.16. The van der Waals surface area contributed by atoms with Gasteiger partial charge >= 0.3 is 0 Å². The smallest absolute Gasteiger partial charge is 0.244 e. The first kappa shape index (κ1) is 17.5. The summed E-state index contributed by atoms with van der Waals surface area (Å²) < 4.78 is 52.7. The molecule has 0 aromatic heterocycles. The van der Waals surface area contributed by atoms with E-state index in [1.807, 2.05) is 0 Å². The van der Waals surface area contributed by atoms with E-state index in [0.29, 0.717) is 6.07 Å². The van der Waals surface area contributed by atoms with Crippen molar-refractivity contribution in [1.29, 1.82) is 0 Å². The molecule has 0 bridgehead atoms. The van der Waals surface area contributed by atoms with Crippen LogP contribution < -0.4 is 10.2 Å². The van der Waals surface area contributed by atoms with E-state index in [2.05, 4.69) is 5.32 Å². The molecule has 0 aliphatic heterocycles. The molecular weight excluding hydrogens is 328 g/mol. The summed E-state index contributed by atoms with van der Waals surface area (Å²) in [5.41, 5.74) is -0.300. The number of hydrogen-bond acceptors (Lipinski definition) is 2. The molecule has 0 saturated carbocycles. The van der Waals surface area contributed by atoms with Crippen LogP contribution in [0, 0.1) is 23.3 Å². The van der Waals surface area contributed by atoms with E-state index in [-0.39, 0.29) is 11.4 Å². The maximum atomic E-state index is 13.8. The molecule has 0 atom stereocenters. The molecule has 0 unspecified atom stereocenters. The Morgan fingerprint density at radius 1 is 0.958 bits per heavy atom. The summed E-state index contributed by atoms with van der Waals surface area (Å²) in [4.78, 5) is 24.4. The Bertz CT molecular complexity index is 796. The highest BCUT2D eigenvalue weighted by Gasteiger charge is 2.20. The fourth-order valence-electron chi connectivity index (χ4n) is 1.98. The van der Waals surface area contributed by atoms with Crippen LogP contribution in [0.5, 0.6) is 0 Å². The molecule has 24 heavy (non-hydrogen) atoms. The van der Waals surface area contributed by atoms with Gasteiger partial charge in [0.2, 0.25) is 11.8 Å². The number of nitrogens with zero attached hydrogens (tertiary/aromatic N) is 1. The third-order valence-corrected chi connectivity index (χ3v) is 3.09. The molecule has 126 valence electrons. The maximum absolute atomic E-state index is 13.8. The van der Waals surface area contributed by atoms with Gasteiger partial charge in [0, 0.05) is 24.7 Å². The summed E-state index contributed by atoms with van der Waals surface area (Å²) in [6, 6.07) is 5.28. The lowest BCUT2D eigenvalue weighted by Gasteiger charge is -2.21. The van der Waals surface area contributed by atoms with Gasteiger partial charge in [-0.1, -0.05) is 0 Å². The number of halogens is 4. The van der Waals surface area contributed by atoms with E-state index in [0.717, 1.165) is 42.2 Å². The Morgan fingerprint density at radius 2 is 1.67 bits per heavy atom. The standard InChI is InChI=1S/C16H12F4N2O2/c1-9(23)22(15-5-2-10(17)6-14(15)20)8-16(24)21-11-3-4-12(18)13(19)7-11/h2-7H,8H2,1H3,(H,21,24). The van der Waals surface area contributed by atoms with Gasteiger partial charge in [0.05, 0.1) is 5.69 Å². The predicted molar refractivity (Wildman–Crippen MR) is 79.4 cm³/mol. The maximum Gasteiger partial charge on any atom is 0.244 e. The van der Waals surface area contributed by atoms with Crippen LogP contribution in [0.2, 0.25) is 0 Å². The van der Waals surface area contributed by atoms with Gasteiger partial charge in [-0.2, -0.15) is 0 Å². The molecule has 0 fully saturated rings. The Labute approximate surface area is 134 Å². The molecule has 8 heteroatoms. The molecule has 0 radical (unpaired) electrons. The highest BCUT2D eigenvalue weighted by molar-refractivity contribution is 6.01. The lowest BCUT2D eigenvalue weighted by atomic mass is 10.2. The first-order chi connectivity index (χ1) is 11.3. The molecule has 2 aromatic carbocycles. The number of benzene rings is 2. The van der Waals surface area contributed by atoms with Crippen LogP contribution in [0.4, 0.5) is 28.9 Å². The molecule has 0 aliphatic rings. The molecule has 4 nitrogen and oxygen atoms in total. The zero-order valence-electron chi connectivity index (χ0n) is 12.4. The van der Waals surface area contributed by atoms with Gasteiger partial charge < -0.3 is 10.2 Å². The Hall–Kier alpha value is -2.90. The minimum atomic E-state index is -1.15. The van der Waals surface area contributed by atoms with Gasteiger partial charge in [-0.25, -0.2) is 17.6 Å². The second kappa shape index (κ2) is 7.12. The Morgan fingerprint density at radius 3 is 2.25 bits per heavy atom. The number of carbonyl (C=O) groups excluding carboxylic acids is 2. The average molecular weight is 340 g/mol. The highest BCUT2D eigenvalue weighted by Crippen LogP contribution is 2.20. The predicted octanol–water partition coefficient (Wildman–Crippen LogP) is 3.23. The van der Waals surface area contributed by atoms with Gasteiger partial charge in [-0.05, 0) is 24.3 Å². The van der Waals surface area contributed by atoms with E-state index in [9.17, 15) is 27.2 Å². The third-order valence-electron chi connectivity index (χ3n) is 3.09. The lowest BCUT2D eigenvalue weighted by molar-refractivity contribution is -0.120. The molecular formula is C16H12F4N2O2. The number of rotatable bonds is 4. The number of hydrogen-bond donors (Lipinski definition) is 1. The van der Waals surface area contributed by atoms with E-state index in [4.69, 9.17) is 0 Å². The van der Waals surface area contributed by atoms with Crippen molar-refractivity contribution in [3.05, 3.63) is 59.7 Å². The first-order valence-electron chi connectivity index (χ1n) is 6.76. The van der Waals surface area contributed by atoms with Crippen molar-refractivity contribution in [3.63, 3.8) is 0 Å². The first-order valence-corrected chi connectivity index (χ1v) is 6.76. The largest absolute Gasteiger partial charge is 0.324 e. The van der Waals surface area contributed by atoms with Crippen LogP contribution in [0.1, 0.15) is 6.92 Å². The quantitative estimate of drug-likeness (QED) is 0.869. The number of anilines is 2.